The summed E-state index contributed by atoms with van der Waals surface area (Å²) in [5.74, 6) is 0. The molecule has 55 heavy (non-hydrogen) atoms. The zero-order valence-corrected chi connectivity index (χ0v) is 29.9. The molecule has 0 N–H and O–H groups in total. The van der Waals surface area contributed by atoms with Gasteiger partial charge in [-0.05, 0) is 107 Å². The summed E-state index contributed by atoms with van der Waals surface area (Å²) in [7, 11) is 0. The summed E-state index contributed by atoms with van der Waals surface area (Å²) in [6.45, 7) is 0. The molecule has 11 aromatic rings. The Morgan fingerprint density at radius 3 is 1.85 bits per heavy atom. The van der Waals surface area contributed by atoms with E-state index in [0.29, 0.717) is 0 Å². The van der Waals surface area contributed by atoms with Crippen molar-refractivity contribution in [2.45, 2.75) is 0 Å². The van der Waals surface area contributed by atoms with E-state index in [0.717, 1.165) is 28.4 Å². The smallest absolute Gasteiger partial charge is 0.0644 e. The van der Waals surface area contributed by atoms with Gasteiger partial charge in [0.25, 0.3) is 0 Å². The van der Waals surface area contributed by atoms with Crippen molar-refractivity contribution >= 4 is 71.4 Å². The van der Waals surface area contributed by atoms with E-state index in [1.165, 1.54) is 65.5 Å². The highest BCUT2D eigenvalue weighted by atomic mass is 15.1. The number of hydrogen-bond acceptors (Lipinski definition) is 2. The van der Waals surface area contributed by atoms with Crippen molar-refractivity contribution in [1.82, 2.24) is 14.1 Å². The van der Waals surface area contributed by atoms with Gasteiger partial charge in [0.15, 0.2) is 0 Å². The van der Waals surface area contributed by atoms with Gasteiger partial charge in [-0.2, -0.15) is 0 Å². The zero-order chi connectivity index (χ0) is 36.3. The van der Waals surface area contributed by atoms with Crippen LogP contribution in [0.5, 0.6) is 0 Å². The van der Waals surface area contributed by atoms with Gasteiger partial charge < -0.3 is 14.0 Å². The van der Waals surface area contributed by atoms with Gasteiger partial charge in [-0.25, -0.2) is 0 Å². The molecule has 3 aromatic heterocycles. The van der Waals surface area contributed by atoms with E-state index < -0.39 is 0 Å². The minimum absolute atomic E-state index is 1.01. The lowest BCUT2D eigenvalue weighted by molar-refractivity contribution is 1.17. The molecule has 0 saturated heterocycles. The number of pyridine rings is 1. The van der Waals surface area contributed by atoms with E-state index in [4.69, 9.17) is 0 Å². The van der Waals surface area contributed by atoms with Crippen LogP contribution in [0, 0.1) is 0 Å². The normalized spacial score (nSPS) is 11.6. The fourth-order valence-electron chi connectivity index (χ4n) is 8.53. The molecule has 4 nitrogen and oxygen atoms in total. The third-order valence-corrected chi connectivity index (χ3v) is 11.0. The van der Waals surface area contributed by atoms with Crippen LogP contribution in [0.2, 0.25) is 0 Å². The fraction of sp³-hybridized carbons (Fsp3) is 0. The van der Waals surface area contributed by atoms with Crippen LogP contribution < -0.4 is 4.90 Å². The predicted octanol–water partition coefficient (Wildman–Crippen LogP) is 13.6. The Labute approximate surface area is 318 Å². The number of aromatic nitrogens is 3. The van der Waals surface area contributed by atoms with Gasteiger partial charge in [-0.3, -0.25) is 4.98 Å². The van der Waals surface area contributed by atoms with Crippen molar-refractivity contribution in [2.75, 3.05) is 4.90 Å². The lowest BCUT2D eigenvalue weighted by atomic mass is 9.98. The molecule has 0 spiro atoms. The third kappa shape index (κ3) is 5.03. The maximum absolute atomic E-state index is 4.48. The number of fused-ring (bicyclic) bond motifs is 7. The SMILES string of the molecule is c1ccc(-n2c3ccccc3c3c(-c4ccc5c6ccccc6n(-c6ccc(N(c7cccnc7)c7ccc8ccccc8c7)cc6)c5c4)cccc32)cc1. The molecule has 0 amide bonds. The summed E-state index contributed by atoms with van der Waals surface area (Å²) >= 11 is 0. The Balaban J connectivity index is 1.08. The molecule has 11 rings (SSSR count). The minimum atomic E-state index is 1.01. The highest BCUT2D eigenvalue weighted by Crippen LogP contribution is 2.42. The quantitative estimate of drug-likeness (QED) is 0.172. The van der Waals surface area contributed by atoms with Crippen LogP contribution >= 0.6 is 0 Å². The maximum atomic E-state index is 4.48. The molecule has 0 radical (unpaired) electrons. The largest absolute Gasteiger partial charge is 0.309 e. The Morgan fingerprint density at radius 2 is 1.04 bits per heavy atom. The molecule has 258 valence electrons. The standard InChI is InChI=1S/C51H34N4/c1-2-14-38(15-3-1)54-48-21-9-7-18-46(48)51-43(19-10-22-49(51)54)37-24-30-45-44-17-6-8-20-47(44)55(50(45)33-37)40-28-26-39(27-29-40)53(42-16-11-31-52-34-42)41-25-23-35-12-4-5-13-36(35)32-41/h1-34H. The monoisotopic (exact) mass is 702 g/mol. The van der Waals surface area contributed by atoms with E-state index in [1.807, 2.05) is 18.5 Å². The van der Waals surface area contributed by atoms with Crippen LogP contribution in [-0.4, -0.2) is 14.1 Å². The summed E-state index contributed by atoms with van der Waals surface area (Å²) < 4.78 is 4.80. The molecule has 3 heterocycles. The van der Waals surface area contributed by atoms with E-state index >= 15 is 0 Å². The van der Waals surface area contributed by atoms with Gasteiger partial charge in [-0.15, -0.1) is 0 Å². The van der Waals surface area contributed by atoms with Crippen LogP contribution in [-0.2, 0) is 0 Å². The molecule has 0 aliphatic heterocycles. The first kappa shape index (κ1) is 31.1. The van der Waals surface area contributed by atoms with Crippen LogP contribution in [0.3, 0.4) is 0 Å². The first-order chi connectivity index (χ1) is 27.3. The average Bonchev–Trinajstić information content (AvgIpc) is 3.77. The Kier molecular flexibility index (Phi) is 7.14. The number of hydrogen-bond donors (Lipinski definition) is 0. The lowest BCUT2D eigenvalue weighted by Gasteiger charge is -2.25. The molecule has 8 aromatic carbocycles. The number of rotatable bonds is 6. The van der Waals surface area contributed by atoms with E-state index in [2.05, 4.69) is 207 Å². The van der Waals surface area contributed by atoms with Crippen molar-refractivity contribution in [1.29, 1.82) is 0 Å². The Hall–Kier alpha value is -7.43. The highest BCUT2D eigenvalue weighted by Gasteiger charge is 2.19. The van der Waals surface area contributed by atoms with Crippen LogP contribution in [0.25, 0.3) is 76.9 Å². The molecule has 4 heteroatoms. The van der Waals surface area contributed by atoms with E-state index in [-0.39, 0.29) is 0 Å². The second kappa shape index (κ2) is 12.6. The van der Waals surface area contributed by atoms with E-state index in [9.17, 15) is 0 Å². The van der Waals surface area contributed by atoms with Crippen molar-refractivity contribution in [3.8, 4) is 22.5 Å². The highest BCUT2D eigenvalue weighted by molar-refractivity contribution is 6.17. The molecule has 0 atom stereocenters. The first-order valence-electron chi connectivity index (χ1n) is 18.7. The molecule has 0 bridgehead atoms. The zero-order valence-electron chi connectivity index (χ0n) is 29.9. The third-order valence-electron chi connectivity index (χ3n) is 11.0. The number of para-hydroxylation sites is 3. The molecule has 0 unspecified atom stereocenters. The minimum Gasteiger partial charge on any atom is -0.309 e. The van der Waals surface area contributed by atoms with Gasteiger partial charge in [0.2, 0.25) is 0 Å². The van der Waals surface area contributed by atoms with Crippen LogP contribution in [0.1, 0.15) is 0 Å². The first-order valence-corrected chi connectivity index (χ1v) is 18.7. The van der Waals surface area contributed by atoms with Crippen molar-refractivity contribution in [3.05, 3.63) is 207 Å². The second-order valence-electron chi connectivity index (χ2n) is 14.1. The summed E-state index contributed by atoms with van der Waals surface area (Å²) in [5, 5.41) is 7.40. The van der Waals surface area contributed by atoms with Crippen molar-refractivity contribution in [3.63, 3.8) is 0 Å². The van der Waals surface area contributed by atoms with Crippen molar-refractivity contribution in [2.24, 2.45) is 0 Å². The van der Waals surface area contributed by atoms with Crippen LogP contribution in [0.15, 0.2) is 207 Å². The molecular formula is C51H34N4. The van der Waals surface area contributed by atoms with Crippen LogP contribution in [0.4, 0.5) is 17.1 Å². The summed E-state index contributed by atoms with van der Waals surface area (Å²) in [6.07, 6.45) is 3.75. The van der Waals surface area contributed by atoms with Gasteiger partial charge in [0, 0.05) is 50.5 Å². The molecule has 0 fully saturated rings. The lowest BCUT2D eigenvalue weighted by Crippen LogP contribution is -2.10. The Morgan fingerprint density at radius 1 is 0.382 bits per heavy atom. The average molecular weight is 703 g/mol. The van der Waals surface area contributed by atoms with Gasteiger partial charge in [0.1, 0.15) is 0 Å². The summed E-state index contributed by atoms with van der Waals surface area (Å²) in [6, 6.07) is 70.0. The Bertz CT molecular complexity index is 3190. The molecular weight excluding hydrogens is 669 g/mol. The van der Waals surface area contributed by atoms with Gasteiger partial charge in [0.05, 0.1) is 34.0 Å². The number of benzene rings is 8. The number of nitrogens with zero attached hydrogens (tertiary/aromatic N) is 4. The summed E-state index contributed by atoms with van der Waals surface area (Å²) in [4.78, 5) is 6.76. The van der Waals surface area contributed by atoms with Crippen molar-refractivity contribution < 1.29 is 0 Å². The number of anilines is 3. The topological polar surface area (TPSA) is 26.0 Å². The molecule has 0 aliphatic carbocycles. The van der Waals surface area contributed by atoms with Gasteiger partial charge in [-0.1, -0.05) is 109 Å². The van der Waals surface area contributed by atoms with E-state index in [1.54, 1.807) is 0 Å². The summed E-state index contributed by atoms with van der Waals surface area (Å²) in [5.41, 5.74) is 12.6. The maximum Gasteiger partial charge on any atom is 0.0644 e. The van der Waals surface area contributed by atoms with Gasteiger partial charge >= 0.3 is 0 Å². The fourth-order valence-corrected chi connectivity index (χ4v) is 8.53. The molecule has 0 aliphatic rings. The second-order valence-corrected chi connectivity index (χ2v) is 14.1. The predicted molar refractivity (Wildman–Crippen MR) is 231 cm³/mol. The molecule has 0 saturated carbocycles.